The summed E-state index contributed by atoms with van der Waals surface area (Å²) in [7, 11) is 0. The van der Waals surface area contributed by atoms with Crippen molar-refractivity contribution >= 4 is 21.9 Å². The molecule has 0 unspecified atom stereocenters. The van der Waals surface area contributed by atoms with Gasteiger partial charge < -0.3 is 5.11 Å². The highest BCUT2D eigenvalue weighted by molar-refractivity contribution is 9.10. The van der Waals surface area contributed by atoms with Gasteiger partial charge in [0.05, 0.1) is 0 Å². The van der Waals surface area contributed by atoms with Crippen molar-refractivity contribution in [1.82, 2.24) is 9.78 Å². The number of benzene rings is 1. The van der Waals surface area contributed by atoms with E-state index in [2.05, 4.69) is 21.0 Å². The number of hydrogen-bond donors (Lipinski definition) is 1. The third-order valence-corrected chi connectivity index (χ3v) is 3.52. The van der Waals surface area contributed by atoms with E-state index in [0.29, 0.717) is 6.54 Å². The second kappa shape index (κ2) is 5.35. The molecule has 0 aliphatic heterocycles. The monoisotopic (exact) mass is 308 g/mol. The molecule has 94 valence electrons. The summed E-state index contributed by atoms with van der Waals surface area (Å²) in [6.07, 6.45) is 0.809. The number of carboxylic acids is 1. The van der Waals surface area contributed by atoms with E-state index in [1.165, 1.54) is 5.56 Å². The second-order valence-corrected chi connectivity index (χ2v) is 4.90. The van der Waals surface area contributed by atoms with Crippen molar-refractivity contribution in [2.45, 2.75) is 19.9 Å². The molecule has 0 saturated carbocycles. The van der Waals surface area contributed by atoms with Crippen LogP contribution in [0.4, 0.5) is 0 Å². The smallest absolute Gasteiger partial charge is 0.356 e. The van der Waals surface area contributed by atoms with E-state index in [0.717, 1.165) is 16.6 Å². The topological polar surface area (TPSA) is 55.1 Å². The molecule has 2 rings (SSSR count). The van der Waals surface area contributed by atoms with Gasteiger partial charge in [-0.25, -0.2) is 4.79 Å². The van der Waals surface area contributed by atoms with Gasteiger partial charge in [-0.05, 0) is 31.0 Å². The van der Waals surface area contributed by atoms with Crippen molar-refractivity contribution in [3.8, 4) is 0 Å². The fraction of sp³-hybridized carbons (Fsp3) is 0.231. The molecule has 1 heterocycles. The maximum Gasteiger partial charge on any atom is 0.356 e. The van der Waals surface area contributed by atoms with Gasteiger partial charge >= 0.3 is 5.97 Å². The third-order valence-electron chi connectivity index (χ3n) is 2.75. The summed E-state index contributed by atoms with van der Waals surface area (Å²) in [5, 5.41) is 12.9. The number of hydrogen-bond acceptors (Lipinski definition) is 2. The number of carboxylic acid groups (broad SMARTS) is 1. The fourth-order valence-electron chi connectivity index (χ4n) is 1.77. The Morgan fingerprint density at radius 1 is 1.44 bits per heavy atom. The first-order valence-electron chi connectivity index (χ1n) is 5.59. The zero-order chi connectivity index (χ0) is 13.1. The van der Waals surface area contributed by atoms with Crippen LogP contribution in [0.15, 0.2) is 34.8 Å². The van der Waals surface area contributed by atoms with E-state index in [-0.39, 0.29) is 5.69 Å². The lowest BCUT2D eigenvalue weighted by atomic mass is 10.1. The molecule has 1 N–H and O–H groups in total. The predicted molar refractivity (Wildman–Crippen MR) is 71.8 cm³/mol. The van der Waals surface area contributed by atoms with E-state index in [1.54, 1.807) is 10.7 Å². The minimum Gasteiger partial charge on any atom is -0.476 e. The van der Waals surface area contributed by atoms with Crippen LogP contribution in [-0.4, -0.2) is 20.9 Å². The predicted octanol–water partition coefficient (Wildman–Crippen LogP) is 2.89. The summed E-state index contributed by atoms with van der Waals surface area (Å²) in [5.74, 6) is -0.988. The van der Waals surface area contributed by atoms with Crippen LogP contribution in [0.1, 0.15) is 21.7 Å². The summed E-state index contributed by atoms with van der Waals surface area (Å²) in [4.78, 5) is 10.8. The molecule has 4 nitrogen and oxygen atoms in total. The first-order valence-corrected chi connectivity index (χ1v) is 6.38. The van der Waals surface area contributed by atoms with Crippen LogP contribution in [0.3, 0.4) is 0 Å². The molecule has 0 bridgehead atoms. The molecule has 0 amide bonds. The van der Waals surface area contributed by atoms with Gasteiger partial charge in [0.15, 0.2) is 5.69 Å². The average Bonchev–Trinajstić information content (AvgIpc) is 2.70. The Kier molecular flexibility index (Phi) is 3.81. The largest absolute Gasteiger partial charge is 0.476 e. The zero-order valence-electron chi connectivity index (χ0n) is 9.93. The minimum atomic E-state index is -0.988. The maximum absolute atomic E-state index is 10.8. The minimum absolute atomic E-state index is 0.0969. The first kappa shape index (κ1) is 12.8. The average molecular weight is 309 g/mol. The van der Waals surface area contributed by atoms with Gasteiger partial charge in [0, 0.05) is 16.7 Å². The van der Waals surface area contributed by atoms with Gasteiger partial charge in [-0.3, -0.25) is 4.68 Å². The lowest BCUT2D eigenvalue weighted by Gasteiger charge is -2.06. The Labute approximate surface area is 113 Å². The zero-order valence-corrected chi connectivity index (χ0v) is 11.5. The molecule has 0 fully saturated rings. The van der Waals surface area contributed by atoms with Crippen LogP contribution >= 0.6 is 15.9 Å². The van der Waals surface area contributed by atoms with Gasteiger partial charge in [-0.1, -0.05) is 34.1 Å². The van der Waals surface area contributed by atoms with Crippen molar-refractivity contribution < 1.29 is 9.90 Å². The number of aromatic nitrogens is 2. The highest BCUT2D eigenvalue weighted by Crippen LogP contribution is 2.17. The normalized spacial score (nSPS) is 10.6. The summed E-state index contributed by atoms with van der Waals surface area (Å²) in [5.41, 5.74) is 2.14. The Morgan fingerprint density at radius 2 is 2.17 bits per heavy atom. The SMILES string of the molecule is Cc1cc(C(=O)O)nn1CCc1ccccc1Br. The van der Waals surface area contributed by atoms with Crippen molar-refractivity contribution in [2.75, 3.05) is 0 Å². The van der Waals surface area contributed by atoms with Crippen LogP contribution in [0.25, 0.3) is 0 Å². The van der Waals surface area contributed by atoms with Gasteiger partial charge in [0.25, 0.3) is 0 Å². The molecule has 0 spiro atoms. The number of aryl methyl sites for hydroxylation is 3. The summed E-state index contributed by atoms with van der Waals surface area (Å²) >= 11 is 3.49. The highest BCUT2D eigenvalue weighted by Gasteiger charge is 2.10. The van der Waals surface area contributed by atoms with Gasteiger partial charge in [-0.15, -0.1) is 0 Å². The molecular formula is C13H13BrN2O2. The van der Waals surface area contributed by atoms with Crippen molar-refractivity contribution in [3.63, 3.8) is 0 Å². The highest BCUT2D eigenvalue weighted by atomic mass is 79.9. The molecule has 2 aromatic rings. The number of halogens is 1. The van der Waals surface area contributed by atoms with Crippen molar-refractivity contribution in [2.24, 2.45) is 0 Å². The fourth-order valence-corrected chi connectivity index (χ4v) is 2.25. The quantitative estimate of drug-likeness (QED) is 0.945. The van der Waals surface area contributed by atoms with Gasteiger partial charge in [-0.2, -0.15) is 5.10 Å². The Hall–Kier alpha value is -1.62. The Morgan fingerprint density at radius 3 is 2.78 bits per heavy atom. The molecular weight excluding hydrogens is 296 g/mol. The molecule has 18 heavy (non-hydrogen) atoms. The lowest BCUT2D eigenvalue weighted by molar-refractivity contribution is 0.0689. The molecule has 1 aromatic heterocycles. The third kappa shape index (κ3) is 2.79. The van der Waals surface area contributed by atoms with E-state index < -0.39 is 5.97 Å². The maximum atomic E-state index is 10.8. The molecule has 0 aliphatic carbocycles. The van der Waals surface area contributed by atoms with Gasteiger partial charge in [0.2, 0.25) is 0 Å². The van der Waals surface area contributed by atoms with Crippen LogP contribution in [0, 0.1) is 6.92 Å². The standard InChI is InChI=1S/C13H13BrN2O2/c1-9-8-12(13(17)18)15-16(9)7-6-10-4-2-3-5-11(10)14/h2-5,8H,6-7H2,1H3,(H,17,18). The summed E-state index contributed by atoms with van der Waals surface area (Å²) < 4.78 is 2.79. The number of carbonyl (C=O) groups is 1. The van der Waals surface area contributed by atoms with E-state index in [4.69, 9.17) is 5.11 Å². The first-order chi connectivity index (χ1) is 8.58. The molecule has 1 aromatic carbocycles. The number of nitrogens with zero attached hydrogens (tertiary/aromatic N) is 2. The number of aromatic carboxylic acids is 1. The van der Waals surface area contributed by atoms with Crippen LogP contribution in [-0.2, 0) is 13.0 Å². The van der Waals surface area contributed by atoms with Crippen LogP contribution < -0.4 is 0 Å². The van der Waals surface area contributed by atoms with Crippen LogP contribution in [0.2, 0.25) is 0 Å². The van der Waals surface area contributed by atoms with Crippen molar-refractivity contribution in [1.29, 1.82) is 0 Å². The molecule has 0 saturated heterocycles. The number of rotatable bonds is 4. The van der Waals surface area contributed by atoms with E-state index in [9.17, 15) is 4.79 Å². The van der Waals surface area contributed by atoms with E-state index in [1.807, 2.05) is 31.2 Å². The molecule has 5 heteroatoms. The molecule has 0 aliphatic rings. The Bertz CT molecular complexity index is 578. The molecule has 0 radical (unpaired) electrons. The van der Waals surface area contributed by atoms with Crippen LogP contribution in [0.5, 0.6) is 0 Å². The summed E-state index contributed by atoms with van der Waals surface area (Å²) in [6.45, 7) is 2.53. The summed E-state index contributed by atoms with van der Waals surface area (Å²) in [6, 6.07) is 9.57. The second-order valence-electron chi connectivity index (χ2n) is 4.04. The Balaban J connectivity index is 2.11. The lowest BCUT2D eigenvalue weighted by Crippen LogP contribution is -2.07. The van der Waals surface area contributed by atoms with Crippen molar-refractivity contribution in [3.05, 3.63) is 51.8 Å². The van der Waals surface area contributed by atoms with E-state index >= 15 is 0 Å². The molecule has 0 atom stereocenters. The van der Waals surface area contributed by atoms with Gasteiger partial charge in [0.1, 0.15) is 0 Å².